The molecule has 2 N–H and O–H groups in total. The van der Waals surface area contributed by atoms with Crippen molar-refractivity contribution in [2.24, 2.45) is 29.1 Å². The van der Waals surface area contributed by atoms with Crippen molar-refractivity contribution in [2.75, 3.05) is 6.61 Å². The van der Waals surface area contributed by atoms with E-state index in [1.165, 1.54) is 18.1 Å². The highest BCUT2D eigenvalue weighted by Gasteiger charge is 2.81. The van der Waals surface area contributed by atoms with E-state index < -0.39 is 48.7 Å². The van der Waals surface area contributed by atoms with Gasteiger partial charge in [-0.05, 0) is 111 Å². The summed E-state index contributed by atoms with van der Waals surface area (Å²) < 4.78 is 124. The number of carbonyl (C=O) groups is 1. The van der Waals surface area contributed by atoms with Crippen molar-refractivity contribution in [1.29, 1.82) is 0 Å². The summed E-state index contributed by atoms with van der Waals surface area (Å²) in [4.78, 5) is 12.3. The van der Waals surface area contributed by atoms with E-state index in [1.807, 2.05) is 6.07 Å². The minimum atomic E-state index is -6.95. The molecule has 13 heteroatoms. The fraction of sp³-hybridized carbons (Fsp3) is 0.811. The normalized spacial score (nSPS) is 27.7. The molecule has 7 atom stereocenters. The number of phenolic OH excluding ortho intramolecular Hbond substituents is 1. The van der Waals surface area contributed by atoms with Gasteiger partial charge in [-0.1, -0.05) is 57.9 Å². The highest BCUT2D eigenvalue weighted by Crippen LogP contribution is 2.63. The minimum absolute atomic E-state index is 0.0504. The molecule has 0 amide bonds. The summed E-state index contributed by atoms with van der Waals surface area (Å²) in [6.07, 6.45) is 1.04. The third-order valence-corrected chi connectivity index (χ3v) is 12.0. The highest BCUT2D eigenvalue weighted by molar-refractivity contribution is 5.72. The molecule has 0 aliphatic heterocycles. The van der Waals surface area contributed by atoms with Gasteiger partial charge >= 0.3 is 29.9 Å². The Hall–Kier alpha value is -2.18. The van der Waals surface area contributed by atoms with Crippen LogP contribution in [0.4, 0.5) is 39.5 Å². The standard InChI is InChI=1S/C37H51F9O4/c1-3-50-32(49)23(19-20-34(38,39)35(40,41)36(42,43)37(44,45)46)11-9-7-5-4-6-8-10-12-25-22-33(2)29(17-18-30(33)48)28-15-13-24-21-26(47)14-16-27(24)31(25)28/h14,16,21,23,25,28-31,47-48H,3-13,15,17-20,22H2,1-2H3/t23?,25?,28?,29?,30?,31?,33-/m0/s1. The molecule has 0 aromatic heterocycles. The van der Waals surface area contributed by atoms with Gasteiger partial charge < -0.3 is 14.9 Å². The second-order valence-electron chi connectivity index (χ2n) is 15.2. The molecule has 286 valence electrons. The highest BCUT2D eigenvalue weighted by atomic mass is 19.4. The van der Waals surface area contributed by atoms with Crippen molar-refractivity contribution < 1.29 is 59.3 Å². The molecule has 0 spiro atoms. The predicted octanol–water partition coefficient (Wildman–Crippen LogP) is 10.8. The van der Waals surface area contributed by atoms with Crippen molar-refractivity contribution in [3.8, 4) is 5.75 Å². The number of ether oxygens (including phenoxy) is 1. The van der Waals surface area contributed by atoms with Crippen molar-refractivity contribution in [1.82, 2.24) is 0 Å². The number of aliphatic hydroxyl groups excluding tert-OH is 1. The third-order valence-electron chi connectivity index (χ3n) is 12.0. The van der Waals surface area contributed by atoms with Crippen LogP contribution in [0.2, 0.25) is 0 Å². The van der Waals surface area contributed by atoms with E-state index in [-0.39, 0.29) is 30.3 Å². The number of halogens is 9. The fourth-order valence-electron chi connectivity index (χ4n) is 9.37. The number of esters is 1. The number of fused-ring (bicyclic) bond motifs is 5. The van der Waals surface area contributed by atoms with Crippen LogP contribution in [0.1, 0.15) is 127 Å². The zero-order valence-corrected chi connectivity index (χ0v) is 28.8. The Morgan fingerprint density at radius 2 is 1.54 bits per heavy atom. The summed E-state index contributed by atoms with van der Waals surface area (Å²) in [6.45, 7) is 3.54. The maximum absolute atomic E-state index is 14.1. The number of aryl methyl sites for hydroxylation is 1. The Balaban J connectivity index is 1.23. The number of hydrogen-bond acceptors (Lipinski definition) is 4. The SMILES string of the molecule is CCOC(=O)C(CCCCCCCCCC1C[C@]2(C)C(O)CCC2C2CCc3cc(O)ccc3C12)CCC(F)(F)C(F)(F)C(F)(F)C(F)(F)F. The Bertz CT molecular complexity index is 1290. The van der Waals surface area contributed by atoms with Crippen LogP contribution in [-0.4, -0.2) is 52.8 Å². The van der Waals surface area contributed by atoms with Crippen molar-refractivity contribution in [3.63, 3.8) is 0 Å². The van der Waals surface area contributed by atoms with E-state index in [0.29, 0.717) is 36.5 Å². The van der Waals surface area contributed by atoms with Gasteiger partial charge in [-0.2, -0.15) is 39.5 Å². The van der Waals surface area contributed by atoms with Gasteiger partial charge in [-0.15, -0.1) is 0 Å². The number of hydrogen-bond donors (Lipinski definition) is 2. The lowest BCUT2D eigenvalue weighted by Crippen LogP contribution is -2.60. The van der Waals surface area contributed by atoms with Crippen LogP contribution in [0.5, 0.6) is 5.75 Å². The fourth-order valence-corrected chi connectivity index (χ4v) is 9.37. The van der Waals surface area contributed by atoms with E-state index in [9.17, 15) is 54.5 Å². The molecule has 3 aliphatic rings. The average molecular weight is 731 g/mol. The van der Waals surface area contributed by atoms with E-state index in [2.05, 4.69) is 13.0 Å². The smallest absolute Gasteiger partial charge is 0.460 e. The summed E-state index contributed by atoms with van der Waals surface area (Å²) in [5, 5.41) is 21.1. The van der Waals surface area contributed by atoms with E-state index in [1.54, 1.807) is 6.07 Å². The molecule has 0 radical (unpaired) electrons. The second-order valence-corrected chi connectivity index (χ2v) is 15.2. The molecule has 6 unspecified atom stereocenters. The summed E-state index contributed by atoms with van der Waals surface area (Å²) in [5.74, 6) is -19.6. The van der Waals surface area contributed by atoms with Gasteiger partial charge in [-0.25, -0.2) is 0 Å². The zero-order valence-electron chi connectivity index (χ0n) is 28.8. The Labute approximate surface area is 288 Å². The van der Waals surface area contributed by atoms with Crippen molar-refractivity contribution >= 4 is 5.97 Å². The number of unbranched alkanes of at least 4 members (excludes halogenated alkanes) is 6. The molecule has 1 aromatic carbocycles. The lowest BCUT2D eigenvalue weighted by molar-refractivity contribution is -0.396. The summed E-state index contributed by atoms with van der Waals surface area (Å²) >= 11 is 0. The third kappa shape index (κ3) is 8.22. The van der Waals surface area contributed by atoms with Gasteiger partial charge in [0.05, 0.1) is 18.6 Å². The molecule has 0 bridgehead atoms. The number of aromatic hydroxyl groups is 1. The van der Waals surface area contributed by atoms with Crippen LogP contribution in [-0.2, 0) is 16.0 Å². The Morgan fingerprint density at radius 1 is 0.900 bits per heavy atom. The maximum Gasteiger partial charge on any atom is 0.460 e. The molecule has 3 aliphatic carbocycles. The molecule has 4 rings (SSSR count). The lowest BCUT2D eigenvalue weighted by Gasteiger charge is -2.54. The summed E-state index contributed by atoms with van der Waals surface area (Å²) in [6, 6.07) is 5.75. The number of benzene rings is 1. The molecule has 1 aromatic rings. The molecule has 50 heavy (non-hydrogen) atoms. The Morgan fingerprint density at radius 3 is 2.18 bits per heavy atom. The first kappa shape index (κ1) is 40.6. The quantitative estimate of drug-likeness (QED) is 0.0952. The van der Waals surface area contributed by atoms with Crippen LogP contribution in [0.15, 0.2) is 18.2 Å². The van der Waals surface area contributed by atoms with Crippen LogP contribution in [0.3, 0.4) is 0 Å². The molecular weight excluding hydrogens is 679 g/mol. The minimum Gasteiger partial charge on any atom is -0.508 e. The van der Waals surface area contributed by atoms with Gasteiger partial charge in [0.2, 0.25) is 0 Å². The van der Waals surface area contributed by atoms with Crippen molar-refractivity contribution in [2.45, 2.75) is 153 Å². The lowest BCUT2D eigenvalue weighted by atomic mass is 9.51. The first-order valence-electron chi connectivity index (χ1n) is 18.1. The summed E-state index contributed by atoms with van der Waals surface area (Å²) in [5.41, 5.74) is 2.47. The number of rotatable bonds is 17. The van der Waals surface area contributed by atoms with Crippen LogP contribution in [0.25, 0.3) is 0 Å². The number of phenols is 1. The van der Waals surface area contributed by atoms with Gasteiger partial charge in [0.25, 0.3) is 0 Å². The Kier molecular flexibility index (Phi) is 12.8. The van der Waals surface area contributed by atoms with Gasteiger partial charge in [0.1, 0.15) is 5.75 Å². The monoisotopic (exact) mass is 730 g/mol. The number of aliphatic hydroxyl groups is 1. The predicted molar refractivity (Wildman–Crippen MR) is 169 cm³/mol. The van der Waals surface area contributed by atoms with Gasteiger partial charge in [0, 0.05) is 6.42 Å². The van der Waals surface area contributed by atoms with Gasteiger partial charge in [0.15, 0.2) is 0 Å². The van der Waals surface area contributed by atoms with Crippen molar-refractivity contribution in [3.05, 3.63) is 29.3 Å². The largest absolute Gasteiger partial charge is 0.508 e. The molecule has 2 fully saturated rings. The first-order valence-corrected chi connectivity index (χ1v) is 18.1. The molecular formula is C37H51F9O4. The van der Waals surface area contributed by atoms with E-state index >= 15 is 0 Å². The molecule has 4 nitrogen and oxygen atoms in total. The van der Waals surface area contributed by atoms with Crippen LogP contribution in [0, 0.1) is 29.1 Å². The molecule has 2 saturated carbocycles. The number of carbonyl (C=O) groups excluding carboxylic acids is 1. The zero-order chi connectivity index (χ0) is 37.1. The van der Waals surface area contributed by atoms with Crippen LogP contribution < -0.4 is 0 Å². The summed E-state index contributed by atoms with van der Waals surface area (Å²) in [7, 11) is 0. The van der Waals surface area contributed by atoms with E-state index in [4.69, 9.17) is 4.74 Å². The molecule has 0 saturated heterocycles. The topological polar surface area (TPSA) is 66.8 Å². The second kappa shape index (κ2) is 15.8. The maximum atomic E-state index is 14.1. The molecule has 0 heterocycles. The van der Waals surface area contributed by atoms with E-state index in [0.717, 1.165) is 70.6 Å². The van der Waals surface area contributed by atoms with Crippen LogP contribution >= 0.6 is 0 Å². The number of alkyl halides is 9. The average Bonchev–Trinajstić information content (AvgIpc) is 3.33. The first-order chi connectivity index (χ1) is 23.3. The van der Waals surface area contributed by atoms with Gasteiger partial charge in [-0.3, -0.25) is 4.79 Å².